The van der Waals surface area contributed by atoms with Gasteiger partial charge in [-0.2, -0.15) is 0 Å². The number of rotatable bonds is 3. The van der Waals surface area contributed by atoms with Crippen molar-refractivity contribution in [3.05, 3.63) is 47.5 Å². The second-order valence-corrected chi connectivity index (χ2v) is 6.36. The highest BCUT2D eigenvalue weighted by molar-refractivity contribution is 6.30. The van der Waals surface area contributed by atoms with E-state index in [9.17, 15) is 9.59 Å². The van der Waals surface area contributed by atoms with Gasteiger partial charge in [0.1, 0.15) is 5.52 Å². The molecule has 2 aromatic carbocycles. The molecule has 4 rings (SSSR count). The third kappa shape index (κ3) is 2.85. The van der Waals surface area contributed by atoms with E-state index in [1.165, 1.54) is 4.90 Å². The van der Waals surface area contributed by atoms with E-state index in [0.717, 1.165) is 5.56 Å². The monoisotopic (exact) mass is 356 g/mol. The van der Waals surface area contributed by atoms with E-state index in [1.54, 1.807) is 30.3 Å². The fourth-order valence-electron chi connectivity index (χ4n) is 2.95. The first-order valence-corrected chi connectivity index (χ1v) is 8.09. The first-order chi connectivity index (χ1) is 12.0. The Hall–Kier alpha value is -2.86. The van der Waals surface area contributed by atoms with Crippen molar-refractivity contribution < 1.29 is 19.1 Å². The molecule has 6 nitrogen and oxygen atoms in total. The molecule has 1 atom stereocenters. The number of amides is 1. The Morgan fingerprint density at radius 1 is 1.28 bits per heavy atom. The summed E-state index contributed by atoms with van der Waals surface area (Å²) in [6, 6.07) is 12.4. The molecule has 126 valence electrons. The van der Waals surface area contributed by atoms with Crippen LogP contribution in [0.1, 0.15) is 6.42 Å². The Morgan fingerprint density at radius 3 is 2.84 bits per heavy atom. The minimum atomic E-state index is -0.958. The Bertz CT molecular complexity index is 998. The van der Waals surface area contributed by atoms with Gasteiger partial charge in [0.05, 0.1) is 5.92 Å². The van der Waals surface area contributed by atoms with Crippen LogP contribution in [0, 0.1) is 5.92 Å². The van der Waals surface area contributed by atoms with E-state index in [1.807, 2.05) is 12.1 Å². The average molecular weight is 357 g/mol. The minimum absolute atomic E-state index is 0.0114. The van der Waals surface area contributed by atoms with Gasteiger partial charge in [-0.1, -0.05) is 17.7 Å². The van der Waals surface area contributed by atoms with Crippen molar-refractivity contribution in [3.63, 3.8) is 0 Å². The second-order valence-electron chi connectivity index (χ2n) is 5.93. The van der Waals surface area contributed by atoms with Gasteiger partial charge in [-0.15, -0.1) is 0 Å². The molecule has 0 bridgehead atoms. The van der Waals surface area contributed by atoms with Crippen LogP contribution in [0.15, 0.2) is 46.9 Å². The van der Waals surface area contributed by atoms with Crippen molar-refractivity contribution >= 4 is 40.3 Å². The summed E-state index contributed by atoms with van der Waals surface area (Å²) < 4.78 is 5.79. The number of fused-ring (bicyclic) bond motifs is 1. The lowest BCUT2D eigenvalue weighted by Gasteiger charge is -2.15. The molecule has 1 fully saturated rings. The zero-order valence-corrected chi connectivity index (χ0v) is 13.7. The van der Waals surface area contributed by atoms with Gasteiger partial charge in [-0.05, 0) is 30.3 Å². The Kier molecular flexibility index (Phi) is 3.69. The Balaban J connectivity index is 1.69. The number of carbonyl (C=O) groups is 2. The van der Waals surface area contributed by atoms with Gasteiger partial charge in [0.2, 0.25) is 11.8 Å². The number of benzene rings is 2. The van der Waals surface area contributed by atoms with Crippen LogP contribution in [-0.2, 0) is 9.59 Å². The maximum Gasteiger partial charge on any atom is 0.308 e. The molecule has 3 aromatic rings. The molecular weight excluding hydrogens is 344 g/mol. The van der Waals surface area contributed by atoms with Crippen LogP contribution < -0.4 is 4.90 Å². The van der Waals surface area contributed by atoms with Crippen molar-refractivity contribution in [1.82, 2.24) is 4.98 Å². The summed E-state index contributed by atoms with van der Waals surface area (Å²) in [6.07, 6.45) is 0.0114. The van der Waals surface area contributed by atoms with Gasteiger partial charge in [-0.3, -0.25) is 9.59 Å². The normalized spacial score (nSPS) is 17.4. The minimum Gasteiger partial charge on any atom is -0.481 e. The van der Waals surface area contributed by atoms with E-state index >= 15 is 0 Å². The van der Waals surface area contributed by atoms with Crippen molar-refractivity contribution in [1.29, 1.82) is 0 Å². The molecule has 0 aliphatic carbocycles. The summed E-state index contributed by atoms with van der Waals surface area (Å²) in [5.74, 6) is -1.41. The first kappa shape index (κ1) is 15.7. The number of nitrogens with zero attached hydrogens (tertiary/aromatic N) is 2. The summed E-state index contributed by atoms with van der Waals surface area (Å²) in [6.45, 7) is 0.162. The molecule has 1 aliphatic rings. The summed E-state index contributed by atoms with van der Waals surface area (Å²) in [7, 11) is 0. The van der Waals surface area contributed by atoms with E-state index in [2.05, 4.69) is 4.98 Å². The third-order valence-corrected chi connectivity index (χ3v) is 4.46. The number of anilines is 1. The SMILES string of the molecule is O=C(O)[C@@H]1CC(=O)N(c2ccc3nc(-c4cccc(Cl)c4)oc3c2)C1. The number of carboxylic acid groups (broad SMARTS) is 1. The number of oxazole rings is 1. The molecule has 0 radical (unpaired) electrons. The quantitative estimate of drug-likeness (QED) is 0.775. The van der Waals surface area contributed by atoms with Crippen LogP contribution >= 0.6 is 11.6 Å². The highest BCUT2D eigenvalue weighted by atomic mass is 35.5. The number of carboxylic acids is 1. The number of aliphatic carboxylic acids is 1. The molecule has 0 spiro atoms. The Morgan fingerprint density at radius 2 is 2.12 bits per heavy atom. The largest absolute Gasteiger partial charge is 0.481 e. The molecule has 25 heavy (non-hydrogen) atoms. The molecule has 1 saturated heterocycles. The zero-order valence-electron chi connectivity index (χ0n) is 13.0. The highest BCUT2D eigenvalue weighted by Gasteiger charge is 2.35. The predicted molar refractivity (Wildman–Crippen MR) is 92.6 cm³/mol. The number of carbonyl (C=O) groups excluding carboxylic acids is 1. The van der Waals surface area contributed by atoms with Gasteiger partial charge in [0.25, 0.3) is 0 Å². The molecule has 2 heterocycles. The zero-order chi connectivity index (χ0) is 17.6. The van der Waals surface area contributed by atoms with Crippen molar-refractivity contribution in [3.8, 4) is 11.5 Å². The lowest BCUT2D eigenvalue weighted by atomic mass is 10.1. The maximum absolute atomic E-state index is 12.1. The van der Waals surface area contributed by atoms with E-state index in [4.69, 9.17) is 21.1 Å². The Labute approximate surface area is 147 Å². The van der Waals surface area contributed by atoms with Crippen molar-refractivity contribution in [2.75, 3.05) is 11.4 Å². The highest BCUT2D eigenvalue weighted by Crippen LogP contribution is 2.31. The number of halogens is 1. The van der Waals surface area contributed by atoms with Crippen molar-refractivity contribution in [2.24, 2.45) is 5.92 Å². The molecular formula is C18H13ClN2O4. The molecule has 1 amide bonds. The van der Waals surface area contributed by atoms with Crippen LogP contribution in [-0.4, -0.2) is 28.5 Å². The average Bonchev–Trinajstić information content (AvgIpc) is 3.17. The smallest absolute Gasteiger partial charge is 0.308 e. The number of hydrogen-bond donors (Lipinski definition) is 1. The number of hydrogen-bond acceptors (Lipinski definition) is 4. The van der Waals surface area contributed by atoms with E-state index in [0.29, 0.717) is 27.7 Å². The lowest BCUT2D eigenvalue weighted by molar-refractivity contribution is -0.141. The maximum atomic E-state index is 12.1. The van der Waals surface area contributed by atoms with Gasteiger partial charge in [0, 0.05) is 35.3 Å². The lowest BCUT2D eigenvalue weighted by Crippen LogP contribution is -2.25. The first-order valence-electron chi connectivity index (χ1n) is 7.71. The topological polar surface area (TPSA) is 83.6 Å². The summed E-state index contributed by atoms with van der Waals surface area (Å²) in [5.41, 5.74) is 2.54. The molecule has 1 aliphatic heterocycles. The van der Waals surface area contributed by atoms with E-state index in [-0.39, 0.29) is 18.9 Å². The summed E-state index contributed by atoms with van der Waals surface area (Å²) in [4.78, 5) is 29.1. The molecule has 0 unspecified atom stereocenters. The second kappa shape index (κ2) is 5.89. The predicted octanol–water partition coefficient (Wildman–Crippen LogP) is 3.59. The summed E-state index contributed by atoms with van der Waals surface area (Å²) in [5, 5.41) is 9.69. The fraction of sp³-hybridized carbons (Fsp3) is 0.167. The number of aromatic nitrogens is 1. The molecule has 1 aromatic heterocycles. The molecule has 1 N–H and O–H groups in total. The summed E-state index contributed by atoms with van der Waals surface area (Å²) >= 11 is 6.00. The third-order valence-electron chi connectivity index (χ3n) is 4.23. The fourth-order valence-corrected chi connectivity index (χ4v) is 3.14. The van der Waals surface area contributed by atoms with Crippen LogP contribution in [0.25, 0.3) is 22.6 Å². The van der Waals surface area contributed by atoms with Gasteiger partial charge in [0.15, 0.2) is 5.58 Å². The van der Waals surface area contributed by atoms with Gasteiger partial charge >= 0.3 is 5.97 Å². The van der Waals surface area contributed by atoms with E-state index < -0.39 is 11.9 Å². The van der Waals surface area contributed by atoms with Crippen molar-refractivity contribution in [2.45, 2.75) is 6.42 Å². The van der Waals surface area contributed by atoms with Crippen LogP contribution in [0.5, 0.6) is 0 Å². The van der Waals surface area contributed by atoms with Gasteiger partial charge < -0.3 is 14.4 Å². The van der Waals surface area contributed by atoms with Crippen LogP contribution in [0.3, 0.4) is 0 Å². The van der Waals surface area contributed by atoms with Crippen LogP contribution in [0.4, 0.5) is 5.69 Å². The standard InChI is InChI=1S/C18H13ClN2O4/c19-12-3-1-2-10(6-12)17-20-14-5-4-13(8-15(14)25-17)21-9-11(18(23)24)7-16(21)22/h1-6,8,11H,7,9H2,(H,23,24)/t11-/m1/s1. The van der Waals surface area contributed by atoms with Gasteiger partial charge in [-0.25, -0.2) is 4.98 Å². The molecule has 7 heteroatoms. The van der Waals surface area contributed by atoms with Crippen LogP contribution in [0.2, 0.25) is 5.02 Å². The molecule has 0 saturated carbocycles.